The number of carbonyl (C=O) groups excluding carboxylic acids is 1. The summed E-state index contributed by atoms with van der Waals surface area (Å²) in [5, 5.41) is 0. The second-order valence-electron chi connectivity index (χ2n) is 3.07. The Labute approximate surface area is 74.3 Å². The van der Waals surface area contributed by atoms with Gasteiger partial charge in [0, 0.05) is 32.6 Å². The molecule has 1 aliphatic rings. The van der Waals surface area contributed by atoms with Crippen molar-refractivity contribution in [3.05, 3.63) is 6.92 Å². The van der Waals surface area contributed by atoms with Crippen LogP contribution in [0.25, 0.3) is 0 Å². The minimum absolute atomic E-state index is 0.186. The fourth-order valence-electron chi connectivity index (χ4n) is 1.47. The van der Waals surface area contributed by atoms with Crippen LogP contribution in [0.3, 0.4) is 0 Å². The lowest BCUT2D eigenvalue weighted by atomic mass is 10.3. The van der Waals surface area contributed by atoms with Gasteiger partial charge in [-0.3, -0.25) is 4.79 Å². The number of hydrogen-bond donors (Lipinski definition) is 0. The Morgan fingerprint density at radius 1 is 1.33 bits per heavy atom. The highest BCUT2D eigenvalue weighted by molar-refractivity contribution is 5.76. The van der Waals surface area contributed by atoms with Crippen molar-refractivity contribution in [2.45, 2.75) is 13.3 Å². The number of rotatable bonds is 2. The third kappa shape index (κ3) is 2.21. The van der Waals surface area contributed by atoms with E-state index in [0.29, 0.717) is 6.42 Å². The van der Waals surface area contributed by atoms with Crippen molar-refractivity contribution < 1.29 is 4.79 Å². The Morgan fingerprint density at radius 2 is 1.92 bits per heavy atom. The zero-order chi connectivity index (χ0) is 8.97. The molecule has 1 aliphatic heterocycles. The van der Waals surface area contributed by atoms with E-state index in [9.17, 15) is 4.79 Å². The summed E-state index contributed by atoms with van der Waals surface area (Å²) in [6.45, 7) is 10.6. The Balaban J connectivity index is 2.30. The number of hydrogen-bond acceptors (Lipinski definition) is 2. The molecule has 0 spiro atoms. The summed E-state index contributed by atoms with van der Waals surface area (Å²) in [5.74, 6) is 0.186. The quantitative estimate of drug-likeness (QED) is 0.596. The highest BCUT2D eigenvalue weighted by Gasteiger charge is 2.18. The van der Waals surface area contributed by atoms with E-state index >= 15 is 0 Å². The molecular formula is C9H17N2O. The maximum atomic E-state index is 11.2. The Morgan fingerprint density at radius 3 is 2.33 bits per heavy atom. The van der Waals surface area contributed by atoms with Crippen LogP contribution in [0.5, 0.6) is 0 Å². The first kappa shape index (κ1) is 9.52. The smallest absolute Gasteiger partial charge is 0.222 e. The van der Waals surface area contributed by atoms with Crippen LogP contribution in [0.1, 0.15) is 13.3 Å². The lowest BCUT2D eigenvalue weighted by molar-refractivity contribution is -0.132. The van der Waals surface area contributed by atoms with Gasteiger partial charge in [0.1, 0.15) is 0 Å². The zero-order valence-corrected chi connectivity index (χ0v) is 7.75. The summed E-state index contributed by atoms with van der Waals surface area (Å²) in [7, 11) is 0. The lowest BCUT2D eigenvalue weighted by Gasteiger charge is -2.33. The molecule has 1 saturated heterocycles. The third-order valence-electron chi connectivity index (χ3n) is 2.39. The van der Waals surface area contributed by atoms with Crippen molar-refractivity contribution in [1.29, 1.82) is 0 Å². The molecule has 3 heteroatoms. The Kier molecular flexibility index (Phi) is 3.53. The molecule has 1 rings (SSSR count). The van der Waals surface area contributed by atoms with Crippen LogP contribution in [0.4, 0.5) is 0 Å². The van der Waals surface area contributed by atoms with Gasteiger partial charge in [-0.05, 0) is 13.5 Å². The Hall–Kier alpha value is -0.570. The van der Waals surface area contributed by atoms with Crippen molar-refractivity contribution in [2.24, 2.45) is 0 Å². The van der Waals surface area contributed by atoms with Crippen LogP contribution < -0.4 is 0 Å². The number of piperazine rings is 1. The molecule has 0 atom stereocenters. The van der Waals surface area contributed by atoms with Crippen molar-refractivity contribution in [2.75, 3.05) is 32.7 Å². The number of likely N-dealkylation sites (N-methyl/N-ethyl adjacent to an activating group) is 1. The molecule has 0 saturated carbocycles. The predicted molar refractivity (Wildman–Crippen MR) is 48.7 cm³/mol. The molecule has 3 nitrogen and oxygen atoms in total. The molecule has 0 bridgehead atoms. The van der Waals surface area contributed by atoms with Gasteiger partial charge in [0.15, 0.2) is 0 Å². The minimum atomic E-state index is 0.186. The SMILES string of the molecule is [CH2]CC(=O)N1CCN(CC)CC1. The monoisotopic (exact) mass is 169 g/mol. The van der Waals surface area contributed by atoms with Crippen LogP contribution in [0.15, 0.2) is 0 Å². The van der Waals surface area contributed by atoms with E-state index in [4.69, 9.17) is 0 Å². The van der Waals surface area contributed by atoms with Crippen LogP contribution in [0.2, 0.25) is 0 Å². The van der Waals surface area contributed by atoms with Gasteiger partial charge in [0.25, 0.3) is 0 Å². The van der Waals surface area contributed by atoms with Gasteiger partial charge in [-0.2, -0.15) is 0 Å². The summed E-state index contributed by atoms with van der Waals surface area (Å²) < 4.78 is 0. The number of carbonyl (C=O) groups is 1. The molecule has 0 unspecified atom stereocenters. The van der Waals surface area contributed by atoms with Crippen LogP contribution in [-0.2, 0) is 4.79 Å². The molecular weight excluding hydrogens is 152 g/mol. The first-order valence-corrected chi connectivity index (χ1v) is 4.57. The van der Waals surface area contributed by atoms with Crippen LogP contribution >= 0.6 is 0 Å². The normalized spacial score (nSPS) is 19.7. The molecule has 0 aromatic heterocycles. The minimum Gasteiger partial charge on any atom is -0.340 e. The van der Waals surface area contributed by atoms with Gasteiger partial charge >= 0.3 is 0 Å². The molecule has 1 heterocycles. The highest BCUT2D eigenvalue weighted by atomic mass is 16.2. The number of amides is 1. The molecule has 0 aromatic carbocycles. The number of nitrogens with zero attached hydrogens (tertiary/aromatic N) is 2. The topological polar surface area (TPSA) is 23.6 Å². The first-order chi connectivity index (χ1) is 5.77. The predicted octanol–water partition coefficient (Wildman–Crippen LogP) is 0.375. The molecule has 1 fully saturated rings. The van der Waals surface area contributed by atoms with E-state index in [0.717, 1.165) is 32.7 Å². The maximum absolute atomic E-state index is 11.2. The second-order valence-corrected chi connectivity index (χ2v) is 3.07. The van der Waals surface area contributed by atoms with Gasteiger partial charge in [-0.1, -0.05) is 6.92 Å². The largest absolute Gasteiger partial charge is 0.340 e. The van der Waals surface area contributed by atoms with Crippen molar-refractivity contribution in [1.82, 2.24) is 9.80 Å². The first-order valence-electron chi connectivity index (χ1n) is 4.57. The molecule has 12 heavy (non-hydrogen) atoms. The molecule has 0 N–H and O–H groups in total. The van der Waals surface area contributed by atoms with Crippen molar-refractivity contribution in [3.8, 4) is 0 Å². The summed E-state index contributed by atoms with van der Waals surface area (Å²) >= 11 is 0. The van der Waals surface area contributed by atoms with Crippen molar-refractivity contribution in [3.63, 3.8) is 0 Å². The van der Waals surface area contributed by atoms with Gasteiger partial charge in [-0.25, -0.2) is 0 Å². The van der Waals surface area contributed by atoms with Crippen molar-refractivity contribution >= 4 is 5.91 Å². The van der Waals surface area contributed by atoms with E-state index in [2.05, 4.69) is 18.7 Å². The second kappa shape index (κ2) is 4.45. The fraction of sp³-hybridized carbons (Fsp3) is 0.778. The maximum Gasteiger partial charge on any atom is 0.222 e. The standard InChI is InChI=1S/C9H17N2O/c1-3-9(12)11-7-5-10(4-2)6-8-11/h1,3-8H2,2H3. The van der Waals surface area contributed by atoms with Gasteiger partial charge < -0.3 is 9.80 Å². The van der Waals surface area contributed by atoms with Gasteiger partial charge in [-0.15, -0.1) is 0 Å². The summed E-state index contributed by atoms with van der Waals surface area (Å²) in [5.41, 5.74) is 0. The fourth-order valence-corrected chi connectivity index (χ4v) is 1.47. The molecule has 1 radical (unpaired) electrons. The average Bonchev–Trinajstić information content (AvgIpc) is 2.17. The van der Waals surface area contributed by atoms with Crippen LogP contribution in [0, 0.1) is 6.92 Å². The van der Waals surface area contributed by atoms with Crippen LogP contribution in [-0.4, -0.2) is 48.4 Å². The van der Waals surface area contributed by atoms with E-state index < -0.39 is 0 Å². The molecule has 69 valence electrons. The van der Waals surface area contributed by atoms with Gasteiger partial charge in [0.05, 0.1) is 0 Å². The van der Waals surface area contributed by atoms with Gasteiger partial charge in [0.2, 0.25) is 5.91 Å². The molecule has 0 aromatic rings. The third-order valence-corrected chi connectivity index (χ3v) is 2.39. The summed E-state index contributed by atoms with van der Waals surface area (Å²) in [6, 6.07) is 0. The molecule has 0 aliphatic carbocycles. The lowest BCUT2D eigenvalue weighted by Crippen LogP contribution is -2.48. The van der Waals surface area contributed by atoms with E-state index in [1.807, 2.05) is 4.90 Å². The summed E-state index contributed by atoms with van der Waals surface area (Å²) in [6.07, 6.45) is 0.395. The summed E-state index contributed by atoms with van der Waals surface area (Å²) in [4.78, 5) is 15.5. The van der Waals surface area contributed by atoms with E-state index in [1.54, 1.807) is 0 Å². The Bertz CT molecular complexity index is 151. The van der Waals surface area contributed by atoms with E-state index in [1.165, 1.54) is 0 Å². The average molecular weight is 169 g/mol. The highest BCUT2D eigenvalue weighted by Crippen LogP contribution is 2.02. The molecule has 1 amide bonds. The zero-order valence-electron chi connectivity index (χ0n) is 7.75. The van der Waals surface area contributed by atoms with E-state index in [-0.39, 0.29) is 5.91 Å².